The Morgan fingerprint density at radius 3 is 2.70 bits per heavy atom. The normalized spacial score (nSPS) is 11.8. The Morgan fingerprint density at radius 2 is 2.00 bits per heavy atom. The van der Waals surface area contributed by atoms with Gasteiger partial charge in [0.1, 0.15) is 6.54 Å². The molecule has 0 spiro atoms. The molecule has 5 nitrogen and oxygen atoms in total. The number of methoxy groups -OCH3 is 1. The number of hydrogen-bond donors (Lipinski definition) is 0. The molecule has 140 valence electrons. The predicted octanol–water partition coefficient (Wildman–Crippen LogP) is 4.30. The second-order valence-electron chi connectivity index (χ2n) is 5.71. The highest BCUT2D eigenvalue weighted by Crippen LogP contribution is 2.29. The third-order valence-corrected chi connectivity index (χ3v) is 6.36. The molecule has 0 saturated carbocycles. The first-order valence-electron chi connectivity index (χ1n) is 8.03. The highest BCUT2D eigenvalue weighted by molar-refractivity contribution is 7.98. The fraction of sp³-hybridized carbons (Fsp3) is 0.211. The maximum atomic E-state index is 12.8. The van der Waals surface area contributed by atoms with Crippen molar-refractivity contribution in [2.45, 2.75) is 18.4 Å². The maximum Gasteiger partial charge on any atom is 0.325 e. The molecule has 0 radical (unpaired) electrons. The summed E-state index contributed by atoms with van der Waals surface area (Å²) in [5.74, 6) is -0.786. The molecule has 3 rings (SSSR count). The number of aromatic nitrogens is 1. The molecule has 0 fully saturated rings. The third-order valence-electron chi connectivity index (χ3n) is 4.03. The number of hydrogen-bond acceptors (Lipinski definition) is 5. The zero-order valence-corrected chi connectivity index (χ0v) is 17.4. The first-order chi connectivity index (χ1) is 13.0. The molecular formula is C19H17ClN2O3S2. The summed E-state index contributed by atoms with van der Waals surface area (Å²) in [6, 6.07) is 11.0. The zero-order valence-electron chi connectivity index (χ0n) is 15.0. The van der Waals surface area contributed by atoms with Gasteiger partial charge in [0, 0.05) is 4.90 Å². The maximum absolute atomic E-state index is 12.8. The van der Waals surface area contributed by atoms with Crippen LogP contribution in [-0.4, -0.2) is 29.8 Å². The van der Waals surface area contributed by atoms with E-state index in [9.17, 15) is 9.59 Å². The Hall–Kier alpha value is -2.09. The van der Waals surface area contributed by atoms with E-state index in [1.165, 1.54) is 30.2 Å². The molecule has 3 aromatic rings. The Labute approximate surface area is 169 Å². The zero-order chi connectivity index (χ0) is 19.6. The minimum absolute atomic E-state index is 0.0476. The smallest absolute Gasteiger partial charge is 0.325 e. The highest BCUT2D eigenvalue weighted by atomic mass is 35.5. The minimum Gasteiger partial charge on any atom is -0.468 e. The quantitative estimate of drug-likeness (QED) is 0.466. The molecule has 8 heteroatoms. The first-order valence-corrected chi connectivity index (χ1v) is 10.5. The van der Waals surface area contributed by atoms with Gasteiger partial charge in [-0.1, -0.05) is 41.1 Å². The van der Waals surface area contributed by atoms with Gasteiger partial charge in [0.15, 0.2) is 4.80 Å². The van der Waals surface area contributed by atoms with Crippen molar-refractivity contribution in [1.82, 2.24) is 4.57 Å². The molecule has 0 bridgehead atoms. The Balaban J connectivity index is 2.23. The summed E-state index contributed by atoms with van der Waals surface area (Å²) < 4.78 is 7.28. The van der Waals surface area contributed by atoms with Gasteiger partial charge in [-0.3, -0.25) is 9.59 Å². The Morgan fingerprint density at radius 1 is 1.26 bits per heavy atom. The molecule has 1 amide bonds. The molecule has 0 unspecified atom stereocenters. The van der Waals surface area contributed by atoms with E-state index in [0.29, 0.717) is 15.4 Å². The number of carbonyl (C=O) groups excluding carboxylic acids is 2. The van der Waals surface area contributed by atoms with Gasteiger partial charge in [-0.15, -0.1) is 11.8 Å². The molecule has 0 N–H and O–H groups in total. The van der Waals surface area contributed by atoms with E-state index in [1.807, 2.05) is 31.4 Å². The average molecular weight is 421 g/mol. The number of halogens is 1. The standard InChI is InChI=1S/C19H17ClN2O3S2/c1-11-8-9-13(20)17-16(11)22(10-15(23)25-2)19(27-17)21-18(24)12-6-4-5-7-14(12)26-3/h4-9H,10H2,1-3H3. The van der Waals surface area contributed by atoms with Crippen LogP contribution in [-0.2, 0) is 16.1 Å². The van der Waals surface area contributed by atoms with E-state index in [1.54, 1.807) is 22.8 Å². The van der Waals surface area contributed by atoms with Crippen molar-refractivity contribution in [3.05, 3.63) is 57.3 Å². The molecular weight excluding hydrogens is 404 g/mol. The minimum atomic E-state index is -0.424. The van der Waals surface area contributed by atoms with E-state index in [0.717, 1.165) is 20.7 Å². The Kier molecular flexibility index (Phi) is 6.04. The molecule has 0 saturated heterocycles. The van der Waals surface area contributed by atoms with Gasteiger partial charge in [-0.05, 0) is 36.9 Å². The fourth-order valence-corrected chi connectivity index (χ4v) is 4.68. The van der Waals surface area contributed by atoms with Crippen molar-refractivity contribution >= 4 is 56.8 Å². The van der Waals surface area contributed by atoms with E-state index in [-0.39, 0.29) is 12.5 Å². The SMILES string of the molecule is COC(=O)Cn1c(=NC(=O)c2ccccc2SC)sc2c(Cl)ccc(C)c21. The summed E-state index contributed by atoms with van der Waals surface area (Å²) in [7, 11) is 1.33. The van der Waals surface area contributed by atoms with Crippen LogP contribution >= 0.6 is 34.7 Å². The van der Waals surface area contributed by atoms with Gasteiger partial charge in [0.25, 0.3) is 5.91 Å². The van der Waals surface area contributed by atoms with Gasteiger partial charge in [-0.25, -0.2) is 0 Å². The first kappa shape index (κ1) is 19.7. The topological polar surface area (TPSA) is 60.7 Å². The highest BCUT2D eigenvalue weighted by Gasteiger charge is 2.16. The van der Waals surface area contributed by atoms with E-state index < -0.39 is 5.97 Å². The summed E-state index contributed by atoms with van der Waals surface area (Å²) in [6.07, 6.45) is 1.91. The summed E-state index contributed by atoms with van der Waals surface area (Å²) in [6.45, 7) is 1.88. The van der Waals surface area contributed by atoms with E-state index in [4.69, 9.17) is 16.3 Å². The number of thiazole rings is 1. The second kappa shape index (κ2) is 8.29. The lowest BCUT2D eigenvalue weighted by atomic mass is 10.2. The lowest BCUT2D eigenvalue weighted by molar-refractivity contribution is -0.141. The lowest BCUT2D eigenvalue weighted by Gasteiger charge is -2.06. The van der Waals surface area contributed by atoms with Crippen LogP contribution < -0.4 is 4.80 Å². The predicted molar refractivity (Wildman–Crippen MR) is 110 cm³/mol. The number of amides is 1. The molecule has 0 aliphatic carbocycles. The van der Waals surface area contributed by atoms with Crippen LogP contribution in [0.5, 0.6) is 0 Å². The fourth-order valence-electron chi connectivity index (χ4n) is 2.71. The third kappa shape index (κ3) is 3.95. The largest absolute Gasteiger partial charge is 0.468 e. The lowest BCUT2D eigenvalue weighted by Crippen LogP contribution is -2.22. The van der Waals surface area contributed by atoms with Crippen molar-refractivity contribution in [3.8, 4) is 0 Å². The number of thioether (sulfide) groups is 1. The Bertz CT molecular complexity index is 1100. The van der Waals surface area contributed by atoms with E-state index in [2.05, 4.69) is 4.99 Å². The van der Waals surface area contributed by atoms with Crippen LogP contribution in [0.3, 0.4) is 0 Å². The molecule has 1 aromatic heterocycles. The number of ether oxygens (including phenoxy) is 1. The second-order valence-corrected chi connectivity index (χ2v) is 7.94. The van der Waals surface area contributed by atoms with Gasteiger partial charge in [0.05, 0.1) is 27.9 Å². The van der Waals surface area contributed by atoms with Crippen LogP contribution in [0, 0.1) is 6.92 Å². The molecule has 27 heavy (non-hydrogen) atoms. The molecule has 0 aliphatic rings. The molecule has 0 aliphatic heterocycles. The number of esters is 1. The summed E-state index contributed by atoms with van der Waals surface area (Å²) in [5.41, 5.74) is 2.24. The van der Waals surface area contributed by atoms with Crippen LogP contribution in [0.1, 0.15) is 15.9 Å². The van der Waals surface area contributed by atoms with Crippen LogP contribution in [0.2, 0.25) is 5.02 Å². The number of fused-ring (bicyclic) bond motifs is 1. The number of aryl methyl sites for hydroxylation is 1. The average Bonchev–Trinajstić information content (AvgIpc) is 3.03. The monoisotopic (exact) mass is 420 g/mol. The van der Waals surface area contributed by atoms with Gasteiger partial charge >= 0.3 is 5.97 Å². The van der Waals surface area contributed by atoms with Crippen molar-refractivity contribution < 1.29 is 14.3 Å². The summed E-state index contributed by atoms with van der Waals surface area (Å²) >= 11 is 9.10. The number of benzene rings is 2. The van der Waals surface area contributed by atoms with Gasteiger partial charge < -0.3 is 9.30 Å². The number of carbonyl (C=O) groups is 2. The van der Waals surface area contributed by atoms with E-state index >= 15 is 0 Å². The van der Waals surface area contributed by atoms with Crippen LogP contribution in [0.25, 0.3) is 10.2 Å². The number of rotatable bonds is 4. The van der Waals surface area contributed by atoms with Crippen molar-refractivity contribution in [1.29, 1.82) is 0 Å². The van der Waals surface area contributed by atoms with Crippen molar-refractivity contribution in [2.75, 3.05) is 13.4 Å². The number of nitrogens with zero attached hydrogens (tertiary/aromatic N) is 2. The van der Waals surface area contributed by atoms with Crippen LogP contribution in [0.15, 0.2) is 46.3 Å². The summed E-state index contributed by atoms with van der Waals surface area (Å²) in [4.78, 5) is 30.3. The van der Waals surface area contributed by atoms with Gasteiger partial charge in [0.2, 0.25) is 0 Å². The van der Waals surface area contributed by atoms with Gasteiger partial charge in [-0.2, -0.15) is 4.99 Å². The summed E-state index contributed by atoms with van der Waals surface area (Å²) in [5, 5.41) is 0.553. The van der Waals surface area contributed by atoms with Crippen molar-refractivity contribution in [2.24, 2.45) is 4.99 Å². The van der Waals surface area contributed by atoms with Crippen LogP contribution in [0.4, 0.5) is 0 Å². The van der Waals surface area contributed by atoms with Crippen molar-refractivity contribution in [3.63, 3.8) is 0 Å². The molecule has 1 heterocycles. The molecule has 2 aromatic carbocycles. The molecule has 0 atom stereocenters.